The van der Waals surface area contributed by atoms with Gasteiger partial charge in [-0.1, -0.05) is 17.6 Å². The molecule has 0 saturated heterocycles. The zero-order valence-electron chi connectivity index (χ0n) is 14.6. The number of rotatable bonds is 5. The summed E-state index contributed by atoms with van der Waals surface area (Å²) in [6.45, 7) is 3.60. The summed E-state index contributed by atoms with van der Waals surface area (Å²) in [6, 6.07) is 6.77. The Morgan fingerprint density at radius 2 is 2.04 bits per heavy atom. The van der Waals surface area contributed by atoms with Gasteiger partial charge in [0, 0.05) is 25.5 Å². The van der Waals surface area contributed by atoms with Crippen LogP contribution in [0.2, 0.25) is 0 Å². The van der Waals surface area contributed by atoms with Gasteiger partial charge in [-0.05, 0) is 31.5 Å². The van der Waals surface area contributed by atoms with Gasteiger partial charge in [-0.3, -0.25) is 0 Å². The molecule has 2 rings (SSSR count). The Morgan fingerprint density at radius 1 is 1.40 bits per heavy atom. The first kappa shape index (κ1) is 18.2. The van der Waals surface area contributed by atoms with Gasteiger partial charge in [0.25, 0.3) is 5.96 Å². The largest absolute Gasteiger partial charge is 0.463 e. The normalized spacial score (nSPS) is 16.6. The van der Waals surface area contributed by atoms with Crippen molar-refractivity contribution in [2.45, 2.75) is 19.9 Å². The van der Waals surface area contributed by atoms with Crippen LogP contribution in [0, 0.1) is 10.1 Å². The van der Waals surface area contributed by atoms with E-state index in [0.717, 1.165) is 11.3 Å². The van der Waals surface area contributed by atoms with E-state index in [-0.39, 0.29) is 12.6 Å². The maximum Gasteiger partial charge on any atom is 0.338 e. The van der Waals surface area contributed by atoms with Crippen molar-refractivity contribution in [1.29, 1.82) is 0 Å². The van der Waals surface area contributed by atoms with Crippen LogP contribution in [0.1, 0.15) is 25.5 Å². The standard InChI is InChI=1S/C16H21N5O4/c1-5-25-15(22)13-10(2)17-16(19-21(23)24)18-14(13)11-6-8-12(9-7-11)20(3)4/h6-9,14H,5H2,1-4H3,(H2,17,18,19)/t14-/m1/s1. The summed E-state index contributed by atoms with van der Waals surface area (Å²) in [7, 11) is 3.84. The molecule has 0 aliphatic carbocycles. The van der Waals surface area contributed by atoms with Gasteiger partial charge in [-0.25, -0.2) is 19.9 Å². The highest BCUT2D eigenvalue weighted by molar-refractivity contribution is 5.95. The highest BCUT2D eigenvalue weighted by Gasteiger charge is 2.31. The maximum absolute atomic E-state index is 12.3. The second-order valence-electron chi connectivity index (χ2n) is 5.62. The smallest absolute Gasteiger partial charge is 0.338 e. The minimum Gasteiger partial charge on any atom is -0.463 e. The van der Waals surface area contributed by atoms with Gasteiger partial charge in [-0.2, -0.15) is 0 Å². The minimum absolute atomic E-state index is 0.0303. The molecule has 1 atom stereocenters. The van der Waals surface area contributed by atoms with Crippen LogP contribution >= 0.6 is 0 Å². The molecule has 0 amide bonds. The number of ether oxygens (including phenoxy) is 1. The van der Waals surface area contributed by atoms with E-state index in [1.54, 1.807) is 13.8 Å². The summed E-state index contributed by atoms with van der Waals surface area (Å²) in [6.07, 6.45) is 0. The summed E-state index contributed by atoms with van der Waals surface area (Å²) in [4.78, 5) is 29.3. The van der Waals surface area contributed by atoms with E-state index >= 15 is 0 Å². The van der Waals surface area contributed by atoms with Crippen molar-refractivity contribution in [3.8, 4) is 0 Å². The Hall–Kier alpha value is -3.10. The van der Waals surface area contributed by atoms with E-state index in [1.165, 1.54) is 0 Å². The third kappa shape index (κ3) is 4.25. The van der Waals surface area contributed by atoms with Crippen LogP contribution < -0.4 is 15.6 Å². The van der Waals surface area contributed by atoms with E-state index in [9.17, 15) is 14.9 Å². The number of hydrogen-bond acceptors (Lipinski definition) is 7. The summed E-state index contributed by atoms with van der Waals surface area (Å²) in [5, 5.41) is 12.7. The van der Waals surface area contributed by atoms with Crippen LogP contribution in [-0.4, -0.2) is 37.7 Å². The lowest BCUT2D eigenvalue weighted by molar-refractivity contribution is -0.525. The van der Waals surface area contributed by atoms with Crippen LogP contribution in [0.4, 0.5) is 5.69 Å². The Balaban J connectivity index is 2.44. The predicted octanol–water partition coefficient (Wildman–Crippen LogP) is 1.37. The lowest BCUT2D eigenvalue weighted by Crippen LogP contribution is -2.43. The Kier molecular flexibility index (Phi) is 5.58. The molecule has 0 fully saturated rings. The fourth-order valence-corrected chi connectivity index (χ4v) is 2.49. The van der Waals surface area contributed by atoms with E-state index < -0.39 is 17.0 Å². The average molecular weight is 347 g/mol. The summed E-state index contributed by atoms with van der Waals surface area (Å²) >= 11 is 0. The zero-order valence-corrected chi connectivity index (χ0v) is 14.6. The molecule has 25 heavy (non-hydrogen) atoms. The van der Waals surface area contributed by atoms with Crippen LogP contribution in [-0.2, 0) is 9.53 Å². The van der Waals surface area contributed by atoms with Crippen molar-refractivity contribution in [3.63, 3.8) is 0 Å². The molecule has 1 heterocycles. The van der Waals surface area contributed by atoms with Gasteiger partial charge >= 0.3 is 5.97 Å². The number of nitrogens with one attached hydrogen (secondary N) is 2. The minimum atomic E-state index is -0.708. The number of hydrogen-bond donors (Lipinski definition) is 2. The highest BCUT2D eigenvalue weighted by Crippen LogP contribution is 2.32. The fraction of sp³-hybridized carbons (Fsp3) is 0.375. The summed E-state index contributed by atoms with van der Waals surface area (Å²) in [5.41, 5.74) is 4.51. The van der Waals surface area contributed by atoms with Crippen LogP contribution in [0.5, 0.6) is 0 Å². The maximum atomic E-state index is 12.3. The molecule has 9 nitrogen and oxygen atoms in total. The third-order valence-corrected chi connectivity index (χ3v) is 3.66. The molecule has 2 N–H and O–H groups in total. The number of esters is 1. The number of allylic oxidation sites excluding steroid dienone is 1. The Bertz CT molecular complexity index is 725. The molecule has 0 unspecified atom stereocenters. The van der Waals surface area contributed by atoms with Gasteiger partial charge in [0.2, 0.25) is 0 Å². The topological polar surface area (TPSA) is 109 Å². The molecule has 134 valence electrons. The van der Waals surface area contributed by atoms with Crippen LogP contribution in [0.15, 0.2) is 40.5 Å². The number of benzene rings is 1. The summed E-state index contributed by atoms with van der Waals surface area (Å²) < 4.78 is 5.11. The van der Waals surface area contributed by atoms with Crippen molar-refractivity contribution in [3.05, 3.63) is 51.2 Å². The second-order valence-corrected chi connectivity index (χ2v) is 5.62. The number of guanidine groups is 1. The molecule has 1 aromatic carbocycles. The van der Waals surface area contributed by atoms with Crippen molar-refractivity contribution < 1.29 is 14.6 Å². The molecule has 0 saturated carbocycles. The second kappa shape index (κ2) is 7.65. The SMILES string of the molecule is CCOC(=O)C1=C(C)NC(N[N+](=O)[O-])=N[C@@H]1c1ccc(N(C)C)cc1. The van der Waals surface area contributed by atoms with Gasteiger partial charge < -0.3 is 15.0 Å². The molecule has 1 aliphatic heterocycles. The van der Waals surface area contributed by atoms with E-state index in [1.807, 2.05) is 48.7 Å². The Morgan fingerprint density at radius 3 is 2.56 bits per heavy atom. The van der Waals surface area contributed by atoms with Crippen LogP contribution in [0.25, 0.3) is 0 Å². The number of hydrazine groups is 1. The number of carbonyl (C=O) groups is 1. The lowest BCUT2D eigenvalue weighted by atomic mass is 9.96. The molecule has 1 aliphatic rings. The first-order valence-electron chi connectivity index (χ1n) is 7.74. The van der Waals surface area contributed by atoms with Crippen molar-refractivity contribution >= 4 is 17.6 Å². The molecule has 0 spiro atoms. The predicted molar refractivity (Wildman–Crippen MR) is 93.5 cm³/mol. The third-order valence-electron chi connectivity index (χ3n) is 3.66. The fourth-order valence-electron chi connectivity index (χ4n) is 2.49. The number of nitrogens with zero attached hydrogens (tertiary/aromatic N) is 3. The Labute approximate surface area is 145 Å². The van der Waals surface area contributed by atoms with E-state index in [4.69, 9.17) is 4.74 Å². The van der Waals surface area contributed by atoms with E-state index in [2.05, 4.69) is 10.3 Å². The molecule has 1 aromatic rings. The molecule has 0 aromatic heterocycles. The quantitative estimate of drug-likeness (QED) is 0.470. The van der Waals surface area contributed by atoms with Gasteiger partial charge in [0.15, 0.2) is 5.03 Å². The van der Waals surface area contributed by atoms with Gasteiger partial charge in [0.05, 0.1) is 12.2 Å². The molecule has 9 heteroatoms. The molecule has 0 radical (unpaired) electrons. The van der Waals surface area contributed by atoms with Gasteiger partial charge in [-0.15, -0.1) is 0 Å². The van der Waals surface area contributed by atoms with Crippen molar-refractivity contribution in [2.75, 3.05) is 25.6 Å². The summed E-state index contributed by atoms with van der Waals surface area (Å²) in [5.74, 6) is -0.532. The van der Waals surface area contributed by atoms with Crippen molar-refractivity contribution in [1.82, 2.24) is 10.7 Å². The molecule has 0 bridgehead atoms. The number of aliphatic imine (C=N–C) groups is 1. The highest BCUT2D eigenvalue weighted by atomic mass is 16.7. The monoisotopic (exact) mass is 347 g/mol. The molecular weight excluding hydrogens is 326 g/mol. The van der Waals surface area contributed by atoms with E-state index in [0.29, 0.717) is 11.3 Å². The lowest BCUT2D eigenvalue weighted by Gasteiger charge is -2.25. The zero-order chi connectivity index (χ0) is 18.6. The van der Waals surface area contributed by atoms with Crippen LogP contribution in [0.3, 0.4) is 0 Å². The average Bonchev–Trinajstić information content (AvgIpc) is 2.53. The first-order chi connectivity index (χ1) is 11.8. The number of carbonyl (C=O) groups excluding carboxylic acids is 1. The van der Waals surface area contributed by atoms with Crippen molar-refractivity contribution in [2.24, 2.45) is 4.99 Å². The first-order valence-corrected chi connectivity index (χ1v) is 7.74. The molecular formula is C16H21N5O4. The number of nitro groups is 1. The van der Waals surface area contributed by atoms with Gasteiger partial charge in [0.1, 0.15) is 6.04 Å². The number of anilines is 1.